The first-order chi connectivity index (χ1) is 8.41. The number of nitrogens with one attached hydrogen (secondary N) is 2. The summed E-state index contributed by atoms with van der Waals surface area (Å²) in [5.74, 6) is -0.794. The summed E-state index contributed by atoms with van der Waals surface area (Å²) < 4.78 is 0. The number of aromatic nitrogens is 3. The quantitative estimate of drug-likeness (QED) is 0.633. The van der Waals surface area contributed by atoms with Gasteiger partial charge in [-0.05, 0) is 20.3 Å². The molecule has 1 aromatic rings. The number of hydrogen-bond donors (Lipinski definition) is 3. The van der Waals surface area contributed by atoms with E-state index in [0.717, 1.165) is 0 Å². The summed E-state index contributed by atoms with van der Waals surface area (Å²) in [7, 11) is 0. The van der Waals surface area contributed by atoms with Crippen LogP contribution in [0.25, 0.3) is 0 Å². The number of rotatable bonds is 6. The van der Waals surface area contributed by atoms with Gasteiger partial charge < -0.3 is 10.0 Å². The maximum absolute atomic E-state index is 11.6. The largest absolute Gasteiger partial charge is 0.481 e. The smallest absolute Gasteiger partial charge is 0.342 e. The highest BCUT2D eigenvalue weighted by Gasteiger charge is 2.16. The molecule has 1 rings (SSSR count). The van der Waals surface area contributed by atoms with Crippen LogP contribution in [-0.2, 0) is 4.79 Å². The molecule has 0 aliphatic heterocycles. The van der Waals surface area contributed by atoms with Gasteiger partial charge in [-0.1, -0.05) is 0 Å². The van der Waals surface area contributed by atoms with Gasteiger partial charge >= 0.3 is 11.7 Å². The van der Waals surface area contributed by atoms with Gasteiger partial charge in [0.1, 0.15) is 0 Å². The molecule has 0 atom stereocenters. The average Bonchev–Trinajstić information content (AvgIpc) is 2.25. The van der Waals surface area contributed by atoms with Crippen LogP contribution >= 0.6 is 0 Å². The number of carbonyl (C=O) groups is 1. The fourth-order valence-corrected chi connectivity index (χ4v) is 1.55. The first kappa shape index (κ1) is 13.9. The van der Waals surface area contributed by atoms with Gasteiger partial charge in [0.15, 0.2) is 0 Å². The fourth-order valence-electron chi connectivity index (χ4n) is 1.55. The maximum Gasteiger partial charge on any atom is 0.342 e. The summed E-state index contributed by atoms with van der Waals surface area (Å²) in [6, 6.07) is -0.0294. The minimum atomic E-state index is -0.887. The molecule has 8 heteroatoms. The lowest BCUT2D eigenvalue weighted by Gasteiger charge is -2.26. The van der Waals surface area contributed by atoms with Crippen molar-refractivity contribution in [2.75, 3.05) is 11.4 Å². The Bertz CT molecular complexity index is 519. The van der Waals surface area contributed by atoms with Crippen molar-refractivity contribution in [2.45, 2.75) is 32.7 Å². The zero-order valence-electron chi connectivity index (χ0n) is 10.3. The van der Waals surface area contributed by atoms with Crippen LogP contribution in [0.2, 0.25) is 0 Å². The summed E-state index contributed by atoms with van der Waals surface area (Å²) in [6.45, 7) is 4.09. The number of nitrogens with zero attached hydrogens (tertiary/aromatic N) is 2. The van der Waals surface area contributed by atoms with Crippen LogP contribution in [0.15, 0.2) is 9.59 Å². The Balaban J connectivity index is 2.87. The molecule has 1 heterocycles. The Morgan fingerprint density at radius 3 is 2.61 bits per heavy atom. The Hall–Kier alpha value is -2.12. The van der Waals surface area contributed by atoms with Gasteiger partial charge in [-0.15, -0.1) is 5.10 Å². The van der Waals surface area contributed by atoms with Gasteiger partial charge in [-0.25, -0.2) is 9.89 Å². The van der Waals surface area contributed by atoms with Crippen LogP contribution in [0.3, 0.4) is 0 Å². The van der Waals surface area contributed by atoms with Crippen molar-refractivity contribution in [3.63, 3.8) is 0 Å². The molecule has 18 heavy (non-hydrogen) atoms. The van der Waals surface area contributed by atoms with Crippen molar-refractivity contribution in [2.24, 2.45) is 0 Å². The normalized spacial score (nSPS) is 10.6. The topological polar surface area (TPSA) is 119 Å². The summed E-state index contributed by atoms with van der Waals surface area (Å²) in [6.07, 6.45) is 0.415. The van der Waals surface area contributed by atoms with Gasteiger partial charge in [0.2, 0.25) is 5.82 Å². The van der Waals surface area contributed by atoms with Crippen molar-refractivity contribution in [1.82, 2.24) is 15.2 Å². The van der Waals surface area contributed by atoms with Crippen LogP contribution in [0, 0.1) is 0 Å². The monoisotopic (exact) mass is 256 g/mol. The summed E-state index contributed by atoms with van der Waals surface area (Å²) in [5, 5.41) is 14.4. The Kier molecular flexibility index (Phi) is 4.64. The van der Waals surface area contributed by atoms with Gasteiger partial charge in [0, 0.05) is 19.0 Å². The predicted molar refractivity (Wildman–Crippen MR) is 64.8 cm³/mol. The Morgan fingerprint density at radius 1 is 1.44 bits per heavy atom. The van der Waals surface area contributed by atoms with E-state index in [2.05, 4.69) is 15.2 Å². The minimum absolute atomic E-state index is 0.0183. The third-order valence-electron chi connectivity index (χ3n) is 2.38. The van der Waals surface area contributed by atoms with Gasteiger partial charge in [0.25, 0.3) is 5.56 Å². The molecular formula is C10H16N4O4. The van der Waals surface area contributed by atoms with Crippen molar-refractivity contribution in [3.05, 3.63) is 20.8 Å². The molecule has 1 aromatic heterocycles. The lowest BCUT2D eigenvalue weighted by molar-refractivity contribution is -0.137. The molecule has 0 saturated heterocycles. The average molecular weight is 256 g/mol. The van der Waals surface area contributed by atoms with E-state index in [0.29, 0.717) is 13.0 Å². The highest BCUT2D eigenvalue weighted by Crippen LogP contribution is 2.08. The van der Waals surface area contributed by atoms with Crippen molar-refractivity contribution in [1.29, 1.82) is 0 Å². The molecule has 0 spiro atoms. The zero-order chi connectivity index (χ0) is 13.7. The van der Waals surface area contributed by atoms with Crippen LogP contribution in [-0.4, -0.2) is 38.8 Å². The summed E-state index contributed by atoms with van der Waals surface area (Å²) >= 11 is 0. The predicted octanol–water partition coefficient (Wildman–Crippen LogP) is -0.462. The van der Waals surface area contributed by atoms with E-state index in [-0.39, 0.29) is 18.3 Å². The molecule has 0 saturated carbocycles. The van der Waals surface area contributed by atoms with E-state index >= 15 is 0 Å². The molecule has 8 nitrogen and oxygen atoms in total. The van der Waals surface area contributed by atoms with Crippen LogP contribution in [0.5, 0.6) is 0 Å². The Morgan fingerprint density at radius 2 is 2.11 bits per heavy atom. The number of carboxylic acids is 1. The van der Waals surface area contributed by atoms with Crippen LogP contribution in [0.1, 0.15) is 26.7 Å². The first-order valence-corrected chi connectivity index (χ1v) is 5.59. The minimum Gasteiger partial charge on any atom is -0.481 e. The maximum atomic E-state index is 11.6. The standard InChI is InChI=1S/C10H16N4O4/c1-6(2)14(5-3-4-7(15)16)8-9(17)11-10(18)13-12-8/h6H,3-5H2,1-2H3,(H,15,16)(H2,11,13,17,18). The van der Waals surface area contributed by atoms with E-state index in [1.807, 2.05) is 13.8 Å². The third-order valence-corrected chi connectivity index (χ3v) is 2.38. The van der Waals surface area contributed by atoms with Gasteiger partial charge in [-0.3, -0.25) is 14.6 Å². The second-order valence-electron chi connectivity index (χ2n) is 4.11. The van der Waals surface area contributed by atoms with E-state index in [4.69, 9.17) is 5.11 Å². The molecule has 0 fully saturated rings. The number of aromatic amines is 2. The Labute approximate surface area is 103 Å². The molecule has 0 aromatic carbocycles. The molecule has 0 bridgehead atoms. The third kappa shape index (κ3) is 3.72. The first-order valence-electron chi connectivity index (χ1n) is 5.59. The van der Waals surface area contributed by atoms with Crippen LogP contribution in [0.4, 0.5) is 5.82 Å². The SMILES string of the molecule is CC(C)N(CCCC(=O)O)c1n[nH]c(=O)[nH]c1=O. The summed E-state index contributed by atoms with van der Waals surface area (Å²) in [4.78, 5) is 36.6. The van der Waals surface area contributed by atoms with Crippen molar-refractivity contribution in [3.8, 4) is 0 Å². The number of anilines is 1. The van der Waals surface area contributed by atoms with E-state index in [1.165, 1.54) is 0 Å². The molecule has 3 N–H and O–H groups in total. The zero-order valence-corrected chi connectivity index (χ0v) is 10.3. The molecule has 0 radical (unpaired) electrons. The molecule has 0 aliphatic rings. The number of H-pyrrole nitrogens is 2. The molecule has 0 aliphatic carbocycles. The summed E-state index contributed by atoms with van der Waals surface area (Å²) in [5.41, 5.74) is -1.25. The molecule has 0 unspecified atom stereocenters. The number of carboxylic acid groups (broad SMARTS) is 1. The lowest BCUT2D eigenvalue weighted by Crippen LogP contribution is -2.39. The van der Waals surface area contributed by atoms with Gasteiger partial charge in [0.05, 0.1) is 0 Å². The van der Waals surface area contributed by atoms with Crippen LogP contribution < -0.4 is 16.1 Å². The molecular weight excluding hydrogens is 240 g/mol. The lowest BCUT2D eigenvalue weighted by atomic mass is 10.2. The number of hydrogen-bond acceptors (Lipinski definition) is 5. The van der Waals surface area contributed by atoms with Gasteiger partial charge in [-0.2, -0.15) is 0 Å². The van der Waals surface area contributed by atoms with Crippen molar-refractivity contribution >= 4 is 11.8 Å². The highest BCUT2D eigenvalue weighted by molar-refractivity contribution is 5.66. The molecule has 0 amide bonds. The molecule has 100 valence electrons. The van der Waals surface area contributed by atoms with E-state index < -0.39 is 17.2 Å². The van der Waals surface area contributed by atoms with E-state index in [1.54, 1.807) is 4.90 Å². The van der Waals surface area contributed by atoms with E-state index in [9.17, 15) is 14.4 Å². The second-order valence-corrected chi connectivity index (χ2v) is 4.11. The fraction of sp³-hybridized carbons (Fsp3) is 0.600. The second kappa shape index (κ2) is 5.99. The van der Waals surface area contributed by atoms with Crippen molar-refractivity contribution < 1.29 is 9.90 Å². The highest BCUT2D eigenvalue weighted by atomic mass is 16.4. The number of aliphatic carboxylic acids is 1.